The van der Waals surface area contributed by atoms with Crippen LogP contribution in [0, 0.1) is 0 Å². The van der Waals surface area contributed by atoms with Gasteiger partial charge in [0.15, 0.2) is 0 Å². The number of nitrogens with zero attached hydrogens (tertiary/aromatic N) is 6. The number of ether oxygens (including phenoxy) is 1. The average molecular weight is 487 g/mol. The molecule has 8 heteroatoms. The molecule has 2 aliphatic rings. The molecule has 0 aliphatic carbocycles. The molecule has 7 nitrogen and oxygen atoms in total. The minimum absolute atomic E-state index is 0.770. The monoisotopic (exact) mass is 486 g/mol. The molecule has 0 N–H and O–H groups in total. The van der Waals surface area contributed by atoms with Crippen molar-refractivity contribution in [1.29, 1.82) is 0 Å². The van der Waals surface area contributed by atoms with Crippen LogP contribution in [0.2, 0.25) is 0 Å². The van der Waals surface area contributed by atoms with E-state index in [1.807, 2.05) is 18.5 Å². The van der Waals surface area contributed by atoms with Crippen molar-refractivity contribution in [2.24, 2.45) is 0 Å². The fourth-order valence-electron chi connectivity index (χ4n) is 4.92. The molecule has 180 valence electrons. The number of rotatable bonds is 6. The second-order valence-electron chi connectivity index (χ2n) is 9.17. The van der Waals surface area contributed by atoms with Crippen LogP contribution >= 0.6 is 11.3 Å². The van der Waals surface area contributed by atoms with Gasteiger partial charge in [-0.15, -0.1) is 11.3 Å². The highest BCUT2D eigenvalue weighted by molar-refractivity contribution is 7.17. The molecule has 0 radical (unpaired) electrons. The second-order valence-corrected chi connectivity index (χ2v) is 10.0. The number of pyridine rings is 1. The number of morpholine rings is 1. The molecule has 2 saturated heterocycles. The lowest BCUT2D eigenvalue weighted by atomic mass is 10.1. The lowest BCUT2D eigenvalue weighted by molar-refractivity contribution is 0.0331. The smallest absolute Gasteiger partial charge is 0.146 e. The van der Waals surface area contributed by atoms with E-state index in [0.717, 1.165) is 82.0 Å². The predicted molar refractivity (Wildman–Crippen MR) is 141 cm³/mol. The van der Waals surface area contributed by atoms with E-state index >= 15 is 0 Å². The first-order valence-corrected chi connectivity index (χ1v) is 13.2. The molecule has 5 heterocycles. The van der Waals surface area contributed by atoms with Gasteiger partial charge in [0.2, 0.25) is 0 Å². The van der Waals surface area contributed by atoms with Crippen molar-refractivity contribution >= 4 is 27.4 Å². The number of piperazine rings is 1. The molecule has 6 rings (SSSR count). The molecule has 2 aliphatic heterocycles. The highest BCUT2D eigenvalue weighted by Gasteiger charge is 2.24. The van der Waals surface area contributed by atoms with Gasteiger partial charge >= 0.3 is 0 Å². The van der Waals surface area contributed by atoms with Gasteiger partial charge in [-0.1, -0.05) is 36.4 Å². The van der Waals surface area contributed by atoms with Crippen LogP contribution in [-0.2, 0) is 17.8 Å². The number of aromatic nitrogens is 3. The Hall–Kier alpha value is -2.91. The third-order valence-corrected chi connectivity index (χ3v) is 7.69. The summed E-state index contributed by atoms with van der Waals surface area (Å²) in [6, 6.07) is 14.8. The number of hydrogen-bond donors (Lipinski definition) is 0. The van der Waals surface area contributed by atoms with Gasteiger partial charge in [-0.25, -0.2) is 9.97 Å². The van der Waals surface area contributed by atoms with Gasteiger partial charge < -0.3 is 9.64 Å². The Morgan fingerprint density at radius 1 is 0.829 bits per heavy atom. The molecule has 35 heavy (non-hydrogen) atoms. The van der Waals surface area contributed by atoms with E-state index in [2.05, 4.69) is 61.5 Å². The first-order valence-electron chi connectivity index (χ1n) is 12.3. The van der Waals surface area contributed by atoms with Crippen LogP contribution in [-0.4, -0.2) is 77.2 Å². The Morgan fingerprint density at radius 2 is 1.63 bits per heavy atom. The Bertz CT molecular complexity index is 1250. The maximum atomic E-state index is 5.53. The standard InChI is InChI=1S/C27H30N6OS/c1-2-6-22(7-3-1)23-20-35-27-25(23)26(29-24(30-27)19-32-13-15-34-16-14-32)33-11-9-31(10-12-33)18-21-5-4-8-28-17-21/h1-8,17,20H,9-16,18-19H2. The second kappa shape index (κ2) is 10.4. The van der Waals surface area contributed by atoms with Crippen molar-refractivity contribution in [3.63, 3.8) is 0 Å². The molecular formula is C27H30N6OS. The van der Waals surface area contributed by atoms with Gasteiger partial charge in [-0.2, -0.15) is 0 Å². The third-order valence-electron chi connectivity index (χ3n) is 6.82. The summed E-state index contributed by atoms with van der Waals surface area (Å²) in [6.45, 7) is 9.06. The quantitative estimate of drug-likeness (QED) is 0.410. The van der Waals surface area contributed by atoms with Crippen molar-refractivity contribution < 1.29 is 4.74 Å². The molecular weight excluding hydrogens is 456 g/mol. The molecule has 4 aromatic rings. The van der Waals surface area contributed by atoms with Crippen LogP contribution < -0.4 is 4.90 Å². The van der Waals surface area contributed by atoms with Gasteiger partial charge in [0.1, 0.15) is 16.5 Å². The van der Waals surface area contributed by atoms with Crippen molar-refractivity contribution in [2.45, 2.75) is 13.1 Å². The van der Waals surface area contributed by atoms with Crippen LogP contribution in [0.5, 0.6) is 0 Å². The molecule has 1 aromatic carbocycles. The number of fused-ring (bicyclic) bond motifs is 1. The van der Waals surface area contributed by atoms with Gasteiger partial charge in [0.25, 0.3) is 0 Å². The van der Waals surface area contributed by atoms with Gasteiger partial charge in [-0.05, 0) is 17.2 Å². The predicted octanol–water partition coefficient (Wildman–Crippen LogP) is 3.91. The molecule has 0 bridgehead atoms. The first-order chi connectivity index (χ1) is 17.3. The molecule has 0 spiro atoms. The van der Waals surface area contributed by atoms with Gasteiger partial charge in [-0.3, -0.25) is 14.8 Å². The van der Waals surface area contributed by atoms with E-state index in [4.69, 9.17) is 14.7 Å². The summed E-state index contributed by atoms with van der Waals surface area (Å²) in [5.74, 6) is 1.99. The van der Waals surface area contributed by atoms with E-state index in [1.54, 1.807) is 11.3 Å². The number of anilines is 1. The largest absolute Gasteiger partial charge is 0.379 e. The van der Waals surface area contributed by atoms with Crippen LogP contribution in [0.1, 0.15) is 11.4 Å². The summed E-state index contributed by atoms with van der Waals surface area (Å²) in [5.41, 5.74) is 3.72. The van der Waals surface area contributed by atoms with Crippen LogP contribution in [0.15, 0.2) is 60.2 Å². The zero-order valence-electron chi connectivity index (χ0n) is 19.8. The topological polar surface area (TPSA) is 57.6 Å². The van der Waals surface area contributed by atoms with E-state index in [9.17, 15) is 0 Å². The van der Waals surface area contributed by atoms with Gasteiger partial charge in [0.05, 0.1) is 25.1 Å². The lowest BCUT2D eigenvalue weighted by Gasteiger charge is -2.36. The van der Waals surface area contributed by atoms with Crippen molar-refractivity contribution in [3.8, 4) is 11.1 Å². The fourth-order valence-corrected chi connectivity index (χ4v) is 5.88. The third kappa shape index (κ3) is 5.06. The van der Waals surface area contributed by atoms with Crippen molar-refractivity contribution in [2.75, 3.05) is 57.4 Å². The minimum atomic E-state index is 0.770. The van der Waals surface area contributed by atoms with Crippen molar-refractivity contribution in [3.05, 3.63) is 71.6 Å². The number of benzene rings is 1. The Kier molecular flexibility index (Phi) is 6.68. The zero-order valence-corrected chi connectivity index (χ0v) is 20.7. The van der Waals surface area contributed by atoms with Crippen LogP contribution in [0.4, 0.5) is 5.82 Å². The summed E-state index contributed by atoms with van der Waals surface area (Å²) in [6.07, 6.45) is 3.80. The SMILES string of the molecule is c1ccc(-c2csc3nc(CN4CCOCC4)nc(N4CCN(Cc5cccnc5)CC4)c23)cc1. The summed E-state index contributed by atoms with van der Waals surface area (Å²) in [7, 11) is 0. The minimum Gasteiger partial charge on any atom is -0.379 e. The fraction of sp³-hybridized carbons (Fsp3) is 0.370. The maximum absolute atomic E-state index is 5.53. The van der Waals surface area contributed by atoms with Crippen molar-refractivity contribution in [1.82, 2.24) is 24.8 Å². The van der Waals surface area contributed by atoms with E-state index < -0.39 is 0 Å². The molecule has 0 amide bonds. The number of hydrogen-bond acceptors (Lipinski definition) is 8. The highest BCUT2D eigenvalue weighted by Crippen LogP contribution is 2.38. The first kappa shape index (κ1) is 22.5. The maximum Gasteiger partial charge on any atom is 0.146 e. The Morgan fingerprint density at radius 3 is 2.40 bits per heavy atom. The van der Waals surface area contributed by atoms with Crippen LogP contribution in [0.25, 0.3) is 21.3 Å². The van der Waals surface area contributed by atoms with Crippen LogP contribution in [0.3, 0.4) is 0 Å². The zero-order chi connectivity index (χ0) is 23.5. The Labute approximate surface area is 210 Å². The Balaban J connectivity index is 1.30. The van der Waals surface area contributed by atoms with Gasteiger partial charge in [0, 0.05) is 69.2 Å². The molecule has 0 unspecified atom stereocenters. The molecule has 3 aromatic heterocycles. The summed E-state index contributed by atoms with van der Waals surface area (Å²) in [4.78, 5) is 22.9. The van der Waals surface area contributed by atoms with E-state index in [-0.39, 0.29) is 0 Å². The molecule has 0 atom stereocenters. The normalized spacial score (nSPS) is 17.8. The summed E-state index contributed by atoms with van der Waals surface area (Å²) >= 11 is 1.73. The summed E-state index contributed by atoms with van der Waals surface area (Å²) < 4.78 is 5.53. The molecule has 0 saturated carbocycles. The highest BCUT2D eigenvalue weighted by atomic mass is 32.1. The van der Waals surface area contributed by atoms with E-state index in [0.29, 0.717) is 0 Å². The molecule has 2 fully saturated rings. The van der Waals surface area contributed by atoms with E-state index in [1.165, 1.54) is 22.1 Å². The lowest BCUT2D eigenvalue weighted by Crippen LogP contribution is -2.46. The summed E-state index contributed by atoms with van der Waals surface area (Å²) in [5, 5.41) is 3.43. The average Bonchev–Trinajstić information content (AvgIpc) is 3.35. The number of thiophene rings is 1.